The predicted octanol–water partition coefficient (Wildman–Crippen LogP) is -1.52. The molecule has 0 aliphatic heterocycles. The van der Waals surface area contributed by atoms with Gasteiger partial charge in [0.15, 0.2) is 0 Å². The number of hydrogen-bond acceptors (Lipinski definition) is 2. The van der Waals surface area contributed by atoms with Crippen molar-refractivity contribution in [3.05, 3.63) is 0 Å². The molecule has 0 aromatic carbocycles. The van der Waals surface area contributed by atoms with Crippen molar-refractivity contribution in [3.63, 3.8) is 0 Å². The molecular weight excluding hydrogens is 207 g/mol. The molecular formula is CH5AsFeO4. The quantitative estimate of drug-likeness (QED) is 0.518. The molecule has 0 bridgehead atoms. The van der Waals surface area contributed by atoms with E-state index in [4.69, 9.17) is 8.19 Å². The van der Waals surface area contributed by atoms with Gasteiger partial charge in [-0.15, -0.1) is 0 Å². The van der Waals surface area contributed by atoms with Gasteiger partial charge in [-0.05, 0) is 0 Å². The van der Waals surface area contributed by atoms with Gasteiger partial charge < -0.3 is 0 Å². The van der Waals surface area contributed by atoms with Gasteiger partial charge in [-0.2, -0.15) is 0 Å². The standard InChI is InChI=1S/CH5AsO4.Fe/c1-6-2(3,4)5;/h1H3,(H2,3,4,5);. The molecule has 0 rings (SSSR count). The Morgan fingerprint density at radius 2 is 1.71 bits per heavy atom. The largest absolute Gasteiger partial charge is 0 e. The van der Waals surface area contributed by atoms with Crippen molar-refractivity contribution in [2.45, 2.75) is 0 Å². The molecule has 0 saturated carbocycles. The topological polar surface area (TPSA) is 66.8 Å². The summed E-state index contributed by atoms with van der Waals surface area (Å²) >= 11 is -4.66. The van der Waals surface area contributed by atoms with Crippen LogP contribution in [-0.4, -0.2) is 29.8 Å². The maximum absolute atomic E-state index is 9.53. The zero-order chi connectivity index (χ0) is 5.21. The van der Waals surface area contributed by atoms with Crippen molar-refractivity contribution in [1.82, 2.24) is 0 Å². The Bertz CT molecular complexity index is 75.8. The summed E-state index contributed by atoms with van der Waals surface area (Å²) in [4.78, 5) is 0. The number of hydrogen-bond donors (Lipinski definition) is 2. The van der Waals surface area contributed by atoms with Crippen LogP contribution in [0, 0.1) is 0 Å². The molecule has 0 aromatic heterocycles. The molecule has 46 valence electrons. The third-order valence-electron chi connectivity index (χ3n) is 0.238. The van der Waals surface area contributed by atoms with Crippen molar-refractivity contribution >= 4 is 14.5 Å². The minimum absolute atomic E-state index is 0. The van der Waals surface area contributed by atoms with Crippen LogP contribution in [-0.2, 0) is 24.5 Å². The fraction of sp³-hybridized carbons (Fsp3) is 1.00. The Morgan fingerprint density at radius 3 is 1.71 bits per heavy atom. The van der Waals surface area contributed by atoms with Gasteiger partial charge in [0, 0.05) is 17.1 Å². The normalized spacial score (nSPS) is 10.1. The minimum atomic E-state index is -4.66. The van der Waals surface area contributed by atoms with Crippen LogP contribution in [0.1, 0.15) is 0 Å². The van der Waals surface area contributed by atoms with E-state index in [9.17, 15) is 3.74 Å². The third-order valence-corrected chi connectivity index (χ3v) is 1.24. The van der Waals surface area contributed by atoms with E-state index >= 15 is 0 Å². The average molecular weight is 212 g/mol. The molecule has 6 heteroatoms. The molecule has 0 saturated heterocycles. The Labute approximate surface area is 54.7 Å². The van der Waals surface area contributed by atoms with E-state index < -0.39 is 14.5 Å². The van der Waals surface area contributed by atoms with Crippen LogP contribution in [0.25, 0.3) is 0 Å². The number of rotatable bonds is 1. The first-order chi connectivity index (χ1) is 2.56. The van der Waals surface area contributed by atoms with Gasteiger partial charge in [0.1, 0.15) is 0 Å². The van der Waals surface area contributed by atoms with E-state index in [1.165, 1.54) is 0 Å². The van der Waals surface area contributed by atoms with Crippen molar-refractivity contribution in [3.8, 4) is 0 Å². The van der Waals surface area contributed by atoms with Gasteiger partial charge in [-0.3, -0.25) is 0 Å². The molecule has 0 aliphatic carbocycles. The fourth-order valence-corrected chi connectivity index (χ4v) is 0. The molecule has 4 nitrogen and oxygen atoms in total. The van der Waals surface area contributed by atoms with Gasteiger partial charge in [-0.1, -0.05) is 0 Å². The molecule has 0 spiro atoms. The monoisotopic (exact) mass is 212 g/mol. The van der Waals surface area contributed by atoms with Gasteiger partial charge in [-0.25, -0.2) is 0 Å². The van der Waals surface area contributed by atoms with Crippen molar-refractivity contribution in [2.24, 2.45) is 0 Å². The molecule has 0 aromatic rings. The van der Waals surface area contributed by atoms with E-state index in [-0.39, 0.29) is 17.1 Å². The van der Waals surface area contributed by atoms with Crippen molar-refractivity contribution in [1.29, 1.82) is 0 Å². The van der Waals surface area contributed by atoms with E-state index in [0.29, 0.717) is 0 Å². The predicted molar refractivity (Wildman–Crippen MR) is 17.9 cm³/mol. The van der Waals surface area contributed by atoms with Crippen molar-refractivity contribution in [2.75, 3.05) is 7.11 Å². The van der Waals surface area contributed by atoms with E-state index in [1.807, 2.05) is 0 Å². The van der Waals surface area contributed by atoms with Crippen LogP contribution >= 0.6 is 0 Å². The molecule has 0 atom stereocenters. The minimum Gasteiger partial charge on any atom is 0 e. The van der Waals surface area contributed by atoms with Crippen LogP contribution < -0.4 is 0 Å². The second-order valence-corrected chi connectivity index (χ2v) is 3.50. The molecule has 0 radical (unpaired) electrons. The maximum atomic E-state index is 9.53. The van der Waals surface area contributed by atoms with Crippen LogP contribution in [0.15, 0.2) is 0 Å². The van der Waals surface area contributed by atoms with E-state index in [2.05, 4.69) is 3.73 Å². The summed E-state index contributed by atoms with van der Waals surface area (Å²) in [6.07, 6.45) is 0. The summed E-state index contributed by atoms with van der Waals surface area (Å²) in [6, 6.07) is 0. The van der Waals surface area contributed by atoms with Crippen LogP contribution in [0.4, 0.5) is 0 Å². The Kier molecular flexibility index (Phi) is 5.68. The van der Waals surface area contributed by atoms with Gasteiger partial charge in [0.05, 0.1) is 0 Å². The Hall–Kier alpha value is 0.758. The summed E-state index contributed by atoms with van der Waals surface area (Å²) < 4.78 is 28.8. The van der Waals surface area contributed by atoms with Gasteiger partial charge in [0.25, 0.3) is 0 Å². The second kappa shape index (κ2) is 3.72. The van der Waals surface area contributed by atoms with E-state index in [1.54, 1.807) is 0 Å². The SMILES string of the molecule is CO[As](=O)(O)O.[Fe]. The third kappa shape index (κ3) is 10.8. The molecule has 0 unspecified atom stereocenters. The van der Waals surface area contributed by atoms with Crippen LogP contribution in [0.5, 0.6) is 0 Å². The second-order valence-electron chi connectivity index (χ2n) is 0.673. The molecule has 7 heavy (non-hydrogen) atoms. The Morgan fingerprint density at radius 1 is 1.57 bits per heavy atom. The fourth-order valence-electron chi connectivity index (χ4n) is 0. The summed E-state index contributed by atoms with van der Waals surface area (Å²) in [5, 5.41) is 0. The van der Waals surface area contributed by atoms with Crippen LogP contribution in [0.2, 0.25) is 0 Å². The first kappa shape index (κ1) is 10.7. The smallest absolute Gasteiger partial charge is 0 e. The van der Waals surface area contributed by atoms with Crippen LogP contribution in [0.3, 0.4) is 0 Å². The molecule has 2 N–H and O–H groups in total. The average Bonchev–Trinajstić information content (AvgIpc) is 1.35. The van der Waals surface area contributed by atoms with Gasteiger partial charge in [0.2, 0.25) is 0 Å². The molecule has 0 heterocycles. The molecule has 0 amide bonds. The first-order valence-electron chi connectivity index (χ1n) is 1.17. The van der Waals surface area contributed by atoms with Crippen molar-refractivity contribution < 1.29 is 32.7 Å². The summed E-state index contributed by atoms with van der Waals surface area (Å²) in [5.41, 5.74) is 0. The first-order valence-corrected chi connectivity index (χ1v) is 4.38. The van der Waals surface area contributed by atoms with Gasteiger partial charge >= 0.3 is 37.3 Å². The zero-order valence-electron chi connectivity index (χ0n) is 3.51. The summed E-state index contributed by atoms with van der Waals surface area (Å²) in [6.45, 7) is 0. The van der Waals surface area contributed by atoms with E-state index in [0.717, 1.165) is 7.11 Å². The zero-order valence-corrected chi connectivity index (χ0v) is 6.49. The summed E-state index contributed by atoms with van der Waals surface area (Å²) in [7, 11) is 0.972. The summed E-state index contributed by atoms with van der Waals surface area (Å²) in [5.74, 6) is 0. The molecule has 0 fully saturated rings. The maximum Gasteiger partial charge on any atom is 0 e. The molecule has 0 aliphatic rings. The Balaban J connectivity index is 0.